The fourth-order valence-corrected chi connectivity index (χ4v) is 0. The van der Waals surface area contributed by atoms with Crippen LogP contribution in [-0.2, 0) is 0 Å². The number of hydrogen-bond donors (Lipinski definition) is 0. The third-order valence-corrected chi connectivity index (χ3v) is 0. The van der Waals surface area contributed by atoms with Crippen molar-refractivity contribution >= 4 is 73.2 Å². The molecule has 0 aliphatic carbocycles. The smallest absolute Gasteiger partial charge is 0.0675 e. The van der Waals surface area contributed by atoms with Crippen LogP contribution >= 0.6 is 0 Å². The van der Waals surface area contributed by atoms with Gasteiger partial charge < -0.3 is 155 Å². The Morgan fingerprint density at radius 1 is 0.178 bits per heavy atom. The molecular weight excluding hydrogens is 650 g/mol. The Labute approximate surface area is 257 Å². The van der Waals surface area contributed by atoms with Crippen LogP contribution in [0.2, 0.25) is 0 Å². The van der Waals surface area contributed by atoms with E-state index in [2.05, 4.69) is 28.2 Å². The van der Waals surface area contributed by atoms with Gasteiger partial charge in [0.2, 0.25) is 0 Å². The average molecular weight is 662 g/mol. The van der Waals surface area contributed by atoms with Gasteiger partial charge in [-0.25, -0.2) is 0 Å². The van der Waals surface area contributed by atoms with Crippen molar-refractivity contribution in [2.75, 3.05) is 28.2 Å². The number of quaternary nitrogens is 1. The molecule has 272 valence electrons. The topological polar surface area (TPSA) is 692 Å². The van der Waals surface area contributed by atoms with E-state index in [1.165, 1.54) is 0 Å². The van der Waals surface area contributed by atoms with Gasteiger partial charge in [-0.2, -0.15) is 0 Å². The van der Waals surface area contributed by atoms with Gasteiger partial charge in [-0.1, -0.05) is 0 Å². The molecule has 0 saturated carbocycles. The van der Waals surface area contributed by atoms with Crippen LogP contribution in [0.3, 0.4) is 0 Å². The molecule has 0 spiro atoms. The fourth-order valence-electron chi connectivity index (χ4n) is 0. The zero-order chi connectivity index (χ0) is 40.3. The predicted molar refractivity (Wildman–Crippen MR) is 81.5 cm³/mol. The molecule has 0 N–H and O–H groups in total. The second kappa shape index (κ2) is 62.3. The first-order chi connectivity index (χ1) is 19.3. The van der Waals surface area contributed by atoms with E-state index in [9.17, 15) is 0 Å². The molecule has 0 heterocycles. The summed E-state index contributed by atoms with van der Waals surface area (Å²) in [6, 6.07) is 0. The maximum atomic E-state index is 8.42. The van der Waals surface area contributed by atoms with Crippen molar-refractivity contribution in [2.45, 2.75) is 0 Å². The lowest BCUT2D eigenvalue weighted by Crippen LogP contribution is -2.56. The second-order valence-electron chi connectivity index (χ2n) is 5.57. The van der Waals surface area contributed by atoms with E-state index in [-0.39, 0.29) is 0 Å². The summed E-state index contributed by atoms with van der Waals surface area (Å²) in [5.74, 6) is 0. The summed E-state index contributed by atoms with van der Waals surface area (Å²) in [4.78, 5) is 0. The zero-order valence-electron chi connectivity index (χ0n) is 22.5. The van der Waals surface area contributed by atoms with Crippen molar-refractivity contribution < 1.29 is 155 Å². The molecule has 0 unspecified atom stereocenters. The molecule has 0 aliphatic rings. The minimum Gasteiger partial charge on any atom is -0.907 e. The van der Waals surface area contributed by atoms with Crippen LogP contribution in [0.1, 0.15) is 0 Å². The van der Waals surface area contributed by atoms with Gasteiger partial charge in [0.15, 0.2) is 0 Å². The molecule has 45 heavy (non-hydrogen) atoms. The summed E-state index contributed by atoms with van der Waals surface area (Å²) in [5.41, 5.74) is 0. The van der Waals surface area contributed by atoms with Gasteiger partial charge in [0.25, 0.3) is 0 Å². The number of rotatable bonds is 0. The third kappa shape index (κ3) is 213000. The van der Waals surface area contributed by atoms with Gasteiger partial charge in [-0.05, 0) is 0 Å². The quantitative estimate of drug-likeness (QED) is 0.171. The summed E-state index contributed by atoms with van der Waals surface area (Å²) in [5, 5.41) is 252. The van der Waals surface area contributed by atoms with Gasteiger partial charge in [-0.15, -0.1) is 0 Å². The molecule has 0 radical (unpaired) electrons. The second-order valence-corrected chi connectivity index (χ2v) is 5.57. The van der Waals surface area contributed by atoms with Crippen LogP contribution in [0, 0.1) is 0 Å². The Hall–Kier alpha value is -0.591. The monoisotopic (exact) mass is 664 g/mol. The van der Waals surface area contributed by atoms with E-state index in [4.69, 9.17) is 151 Å². The molecule has 0 aromatic carbocycles. The van der Waals surface area contributed by atoms with E-state index < -0.39 is 73.2 Å². The predicted octanol–water partition coefficient (Wildman–Crippen LogP) is -39.2. The molecule has 0 bridgehead atoms. The Kier molecular flexibility index (Phi) is 104. The minimum atomic E-state index is -2.92. The minimum absolute atomic E-state index is 1.00. The van der Waals surface area contributed by atoms with Crippen LogP contribution in [0.4, 0.5) is 0 Å². The maximum Gasteiger partial charge on any atom is 0.0675 e. The average Bonchev–Trinajstić information content (AvgIpc) is 2.53. The summed E-state index contributed by atoms with van der Waals surface area (Å²) < 4.78 is 1.00. The molecule has 0 saturated heterocycles. The summed E-state index contributed by atoms with van der Waals surface area (Å²) in [6.07, 6.45) is 0. The van der Waals surface area contributed by atoms with Crippen LogP contribution in [0.25, 0.3) is 0 Å². The first-order valence-corrected chi connectivity index (χ1v) is 8.86. The van der Waals surface area contributed by atoms with E-state index in [0.29, 0.717) is 0 Å². The Morgan fingerprint density at radius 2 is 0.178 bits per heavy atom. The molecule has 0 amide bonds. The molecule has 0 aromatic heterocycles. The van der Waals surface area contributed by atoms with Crippen molar-refractivity contribution in [1.29, 1.82) is 0 Å². The van der Waals surface area contributed by atoms with Gasteiger partial charge in [0, 0.05) is 0 Å². The highest BCUT2D eigenvalue weighted by atomic mass is 16.6. The highest BCUT2D eigenvalue weighted by Crippen LogP contribution is 1.73. The van der Waals surface area contributed by atoms with Crippen molar-refractivity contribution in [3.63, 3.8) is 0 Å². The van der Waals surface area contributed by atoms with Crippen molar-refractivity contribution in [3.8, 4) is 0 Å². The molecular formula is C4H12B10NO30-29. The molecule has 0 aliphatic heterocycles. The molecule has 0 fully saturated rings. The standard InChI is InChI=1S/C4H12N.10BO3/c1-5(2,3)4;10*2-1(3)4/h1-4H3;;;;;;;;;;/q+1;10*-3. The molecule has 41 heteroatoms. The zero-order valence-corrected chi connectivity index (χ0v) is 22.5. The highest BCUT2D eigenvalue weighted by Gasteiger charge is 1.88. The fraction of sp³-hybridized carbons (Fsp3) is 1.00. The van der Waals surface area contributed by atoms with Crippen LogP contribution in [0.15, 0.2) is 0 Å². The molecule has 31 nitrogen and oxygen atoms in total. The lowest BCUT2D eigenvalue weighted by Gasteiger charge is -2.35. The molecule has 0 atom stereocenters. The van der Waals surface area contributed by atoms with E-state index >= 15 is 0 Å². The van der Waals surface area contributed by atoms with E-state index in [0.717, 1.165) is 4.48 Å². The lowest BCUT2D eigenvalue weighted by atomic mass is 10.3. The first kappa shape index (κ1) is 75.0. The largest absolute Gasteiger partial charge is 0.907 e. The van der Waals surface area contributed by atoms with Gasteiger partial charge in [0.1, 0.15) is 0 Å². The van der Waals surface area contributed by atoms with Crippen LogP contribution < -0.4 is 151 Å². The highest BCUT2D eigenvalue weighted by molar-refractivity contribution is 6.25. The van der Waals surface area contributed by atoms with Crippen LogP contribution in [0.5, 0.6) is 0 Å². The van der Waals surface area contributed by atoms with Crippen molar-refractivity contribution in [3.05, 3.63) is 0 Å². The molecule has 0 rings (SSSR count). The SMILES string of the molecule is C[N+](C)(C)C.[O-]B([O-])[O-].[O-]B([O-])[O-].[O-]B([O-])[O-].[O-]B([O-])[O-].[O-]B([O-])[O-].[O-]B([O-])[O-].[O-]B([O-])[O-].[O-]B([O-])[O-].[O-]B([O-])[O-].[O-]B([O-])[O-]. The van der Waals surface area contributed by atoms with Gasteiger partial charge >= 0.3 is 0 Å². The Morgan fingerprint density at radius 3 is 0.178 bits per heavy atom. The third-order valence-electron chi connectivity index (χ3n) is 0. The van der Waals surface area contributed by atoms with Crippen LogP contribution in [-0.4, -0.2) is 106 Å². The summed E-state index contributed by atoms with van der Waals surface area (Å²) in [6.45, 7) is 0. The van der Waals surface area contributed by atoms with E-state index in [1.807, 2.05) is 0 Å². The summed E-state index contributed by atoms with van der Waals surface area (Å²) >= 11 is 0. The normalized spacial score (nSPS) is 7.33. The number of nitrogens with zero attached hydrogens (tertiary/aromatic N) is 1. The summed E-state index contributed by atoms with van der Waals surface area (Å²) in [7, 11) is -20.7. The Balaban J connectivity index is -0.0000000314. The van der Waals surface area contributed by atoms with Crippen molar-refractivity contribution in [2.24, 2.45) is 0 Å². The Bertz CT molecular complexity index is 268. The maximum absolute atomic E-state index is 8.42. The van der Waals surface area contributed by atoms with Gasteiger partial charge in [0.05, 0.1) is 28.2 Å². The van der Waals surface area contributed by atoms with Crippen molar-refractivity contribution in [1.82, 2.24) is 0 Å². The van der Waals surface area contributed by atoms with E-state index in [1.54, 1.807) is 0 Å². The van der Waals surface area contributed by atoms with Gasteiger partial charge in [-0.3, -0.25) is 73.2 Å². The number of hydrogen-bond acceptors (Lipinski definition) is 30. The lowest BCUT2D eigenvalue weighted by molar-refractivity contribution is -0.849. The first-order valence-electron chi connectivity index (χ1n) is 8.86. The molecule has 0 aromatic rings.